The number of oxazole rings is 1. The van der Waals surface area contributed by atoms with Gasteiger partial charge in [-0.1, -0.05) is 24.3 Å². The molecule has 98 valence electrons. The molecule has 2 nitrogen and oxygen atoms in total. The van der Waals surface area contributed by atoms with E-state index in [0.717, 1.165) is 21.2 Å². The monoisotopic (exact) mass is 297 g/mol. The number of aryl methyl sites for hydroxylation is 1. The van der Waals surface area contributed by atoms with Crippen LogP contribution in [0.25, 0.3) is 31.4 Å². The first-order chi connectivity index (χ1) is 9.81. The van der Waals surface area contributed by atoms with Crippen molar-refractivity contribution in [2.45, 2.75) is 6.92 Å². The van der Waals surface area contributed by atoms with Crippen molar-refractivity contribution in [3.05, 3.63) is 53.6 Å². The Kier molecular flexibility index (Phi) is 2.72. The van der Waals surface area contributed by atoms with E-state index in [0.29, 0.717) is 5.89 Å². The molecule has 4 aromatic rings. The molecule has 4 rings (SSSR count). The van der Waals surface area contributed by atoms with Crippen LogP contribution in [0.1, 0.15) is 5.76 Å². The summed E-state index contributed by atoms with van der Waals surface area (Å²) in [4.78, 5) is 6.90. The van der Waals surface area contributed by atoms with Crippen LogP contribution in [0.3, 0.4) is 0 Å². The largest absolute Gasteiger partial charge is 0.440 e. The van der Waals surface area contributed by atoms with Crippen LogP contribution < -0.4 is 0 Å². The fourth-order valence-electron chi connectivity index (χ4n) is 2.23. The summed E-state index contributed by atoms with van der Waals surface area (Å²) < 4.78 is 7.12. The van der Waals surface area contributed by atoms with E-state index in [9.17, 15) is 0 Å². The third kappa shape index (κ3) is 1.88. The van der Waals surface area contributed by atoms with Crippen molar-refractivity contribution in [3.63, 3.8) is 0 Å². The zero-order valence-corrected chi connectivity index (χ0v) is 12.4. The second-order valence-corrected chi connectivity index (χ2v) is 6.58. The highest BCUT2D eigenvalue weighted by Crippen LogP contribution is 2.36. The minimum atomic E-state index is 0.715. The highest BCUT2D eigenvalue weighted by Gasteiger charge is 2.15. The Bertz CT molecular complexity index is 838. The van der Waals surface area contributed by atoms with Gasteiger partial charge in [0.1, 0.15) is 11.5 Å². The van der Waals surface area contributed by atoms with Crippen LogP contribution in [0.5, 0.6) is 0 Å². The van der Waals surface area contributed by atoms with Crippen LogP contribution in [-0.4, -0.2) is 4.98 Å². The molecule has 0 aliphatic carbocycles. The van der Waals surface area contributed by atoms with E-state index < -0.39 is 0 Å². The molecule has 0 amide bonds. The Labute approximate surface area is 124 Å². The van der Waals surface area contributed by atoms with Crippen molar-refractivity contribution >= 4 is 32.8 Å². The van der Waals surface area contributed by atoms with Gasteiger partial charge in [-0.2, -0.15) is 0 Å². The van der Waals surface area contributed by atoms with Gasteiger partial charge >= 0.3 is 0 Å². The maximum atomic E-state index is 5.86. The van der Waals surface area contributed by atoms with Crippen LogP contribution in [0.4, 0.5) is 0 Å². The smallest absolute Gasteiger partial charge is 0.237 e. The lowest BCUT2D eigenvalue weighted by atomic mass is 10.2. The highest BCUT2D eigenvalue weighted by molar-refractivity contribution is 7.22. The van der Waals surface area contributed by atoms with Crippen LogP contribution in [0.15, 0.2) is 52.3 Å². The maximum Gasteiger partial charge on any atom is 0.237 e. The van der Waals surface area contributed by atoms with Crippen molar-refractivity contribution in [2.24, 2.45) is 0 Å². The second kappa shape index (κ2) is 4.58. The number of fused-ring (bicyclic) bond motifs is 1. The minimum absolute atomic E-state index is 0.715. The van der Waals surface area contributed by atoms with Crippen LogP contribution in [-0.2, 0) is 0 Å². The van der Waals surface area contributed by atoms with Crippen LogP contribution >= 0.6 is 22.7 Å². The molecule has 0 aliphatic heterocycles. The lowest BCUT2D eigenvalue weighted by molar-refractivity contribution is 0.544. The molecule has 0 atom stereocenters. The first kappa shape index (κ1) is 11.9. The van der Waals surface area contributed by atoms with Gasteiger partial charge in [0.2, 0.25) is 5.89 Å². The van der Waals surface area contributed by atoms with Gasteiger partial charge in [-0.25, -0.2) is 4.98 Å². The summed E-state index contributed by atoms with van der Waals surface area (Å²) in [5, 5.41) is 3.30. The lowest BCUT2D eigenvalue weighted by Gasteiger charge is -1.88. The van der Waals surface area contributed by atoms with Gasteiger partial charge in [-0.05, 0) is 35.9 Å². The summed E-state index contributed by atoms with van der Waals surface area (Å²) in [7, 11) is 0. The molecule has 0 saturated heterocycles. The number of rotatable bonds is 2. The van der Waals surface area contributed by atoms with Gasteiger partial charge in [0.15, 0.2) is 0 Å². The standard InChI is InChI=1S/C16H11NOS2/c1-10-15(13-7-4-8-19-13)17-16(18-10)14-9-11-5-2-3-6-12(11)20-14/h2-9H,1H3. The molecule has 0 saturated carbocycles. The Hall–Kier alpha value is -1.91. The molecule has 1 aromatic carbocycles. The number of thiophene rings is 2. The van der Waals surface area contributed by atoms with Crippen molar-refractivity contribution in [2.75, 3.05) is 0 Å². The average molecular weight is 297 g/mol. The zero-order valence-electron chi connectivity index (χ0n) is 10.8. The Morgan fingerprint density at radius 1 is 1.05 bits per heavy atom. The third-order valence-electron chi connectivity index (χ3n) is 3.19. The zero-order chi connectivity index (χ0) is 13.5. The van der Waals surface area contributed by atoms with Gasteiger partial charge in [0, 0.05) is 4.70 Å². The summed E-state index contributed by atoms with van der Waals surface area (Å²) >= 11 is 3.40. The Morgan fingerprint density at radius 3 is 2.75 bits per heavy atom. The van der Waals surface area contributed by atoms with E-state index in [1.165, 1.54) is 10.1 Å². The molecule has 0 spiro atoms. The number of hydrogen-bond acceptors (Lipinski definition) is 4. The van der Waals surface area contributed by atoms with E-state index in [1.54, 1.807) is 22.7 Å². The fraction of sp³-hybridized carbons (Fsp3) is 0.0625. The van der Waals surface area contributed by atoms with E-state index in [1.807, 2.05) is 13.0 Å². The first-order valence-electron chi connectivity index (χ1n) is 6.31. The SMILES string of the molecule is Cc1oc(-c2cc3ccccc3s2)nc1-c1cccs1. The lowest BCUT2D eigenvalue weighted by Crippen LogP contribution is -1.75. The predicted molar refractivity (Wildman–Crippen MR) is 85.4 cm³/mol. The molecule has 0 unspecified atom stereocenters. The van der Waals surface area contributed by atoms with Crippen LogP contribution in [0.2, 0.25) is 0 Å². The molecular formula is C16H11NOS2. The molecular weight excluding hydrogens is 286 g/mol. The van der Waals surface area contributed by atoms with Gasteiger partial charge in [0.05, 0.1) is 9.75 Å². The van der Waals surface area contributed by atoms with Crippen molar-refractivity contribution in [1.82, 2.24) is 4.98 Å². The van der Waals surface area contributed by atoms with E-state index >= 15 is 0 Å². The number of nitrogens with zero attached hydrogens (tertiary/aromatic N) is 1. The third-order valence-corrected chi connectivity index (χ3v) is 5.17. The molecule has 0 radical (unpaired) electrons. The summed E-state index contributed by atoms with van der Waals surface area (Å²) in [5.41, 5.74) is 0.951. The van der Waals surface area contributed by atoms with E-state index in [2.05, 4.69) is 46.8 Å². The maximum absolute atomic E-state index is 5.86. The molecule has 3 aromatic heterocycles. The Balaban J connectivity index is 1.84. The highest BCUT2D eigenvalue weighted by atomic mass is 32.1. The molecule has 4 heteroatoms. The molecule has 3 heterocycles. The molecule has 0 fully saturated rings. The van der Waals surface area contributed by atoms with Crippen LogP contribution in [0, 0.1) is 6.92 Å². The van der Waals surface area contributed by atoms with Crippen molar-refractivity contribution < 1.29 is 4.42 Å². The molecule has 20 heavy (non-hydrogen) atoms. The minimum Gasteiger partial charge on any atom is -0.440 e. The van der Waals surface area contributed by atoms with E-state index in [4.69, 9.17) is 4.42 Å². The summed E-state index contributed by atoms with van der Waals surface area (Å²) in [5.74, 6) is 1.59. The average Bonchev–Trinajstić information content (AvgIpc) is 3.16. The Morgan fingerprint density at radius 2 is 1.95 bits per heavy atom. The second-order valence-electron chi connectivity index (χ2n) is 4.55. The molecule has 0 aliphatic rings. The fourth-order valence-corrected chi connectivity index (χ4v) is 3.98. The number of hydrogen-bond donors (Lipinski definition) is 0. The summed E-state index contributed by atoms with van der Waals surface area (Å²) in [6, 6.07) is 14.6. The predicted octanol–water partition coefficient (Wildman–Crippen LogP) is 5.59. The summed E-state index contributed by atoms with van der Waals surface area (Å²) in [6.07, 6.45) is 0. The summed E-state index contributed by atoms with van der Waals surface area (Å²) in [6.45, 7) is 1.97. The van der Waals surface area contributed by atoms with Gasteiger partial charge in [-0.15, -0.1) is 22.7 Å². The van der Waals surface area contributed by atoms with E-state index in [-0.39, 0.29) is 0 Å². The van der Waals surface area contributed by atoms with Gasteiger partial charge in [-0.3, -0.25) is 0 Å². The van der Waals surface area contributed by atoms with Crippen molar-refractivity contribution in [3.8, 4) is 21.3 Å². The van der Waals surface area contributed by atoms with Gasteiger partial charge in [0.25, 0.3) is 0 Å². The normalized spacial score (nSPS) is 11.2. The topological polar surface area (TPSA) is 26.0 Å². The first-order valence-corrected chi connectivity index (χ1v) is 8.01. The molecule has 0 bridgehead atoms. The quantitative estimate of drug-likeness (QED) is 0.482. The number of benzene rings is 1. The number of aromatic nitrogens is 1. The molecule has 0 N–H and O–H groups in total. The van der Waals surface area contributed by atoms with Gasteiger partial charge < -0.3 is 4.42 Å². The van der Waals surface area contributed by atoms with Crippen molar-refractivity contribution in [1.29, 1.82) is 0 Å².